The van der Waals surface area contributed by atoms with E-state index in [-0.39, 0.29) is 6.04 Å². The van der Waals surface area contributed by atoms with Gasteiger partial charge in [-0.2, -0.15) is 0 Å². The summed E-state index contributed by atoms with van der Waals surface area (Å²) in [6.45, 7) is 5.95. The number of nitrogens with one attached hydrogen (secondary N) is 2. The number of aryl methyl sites for hydroxylation is 1. The van der Waals surface area contributed by atoms with Crippen molar-refractivity contribution in [3.05, 3.63) is 58.6 Å². The van der Waals surface area contributed by atoms with Crippen molar-refractivity contribution < 1.29 is 9.47 Å². The highest BCUT2D eigenvalue weighted by Crippen LogP contribution is 2.24. The number of benzene rings is 2. The van der Waals surface area contributed by atoms with E-state index in [0.717, 1.165) is 48.3 Å². The van der Waals surface area contributed by atoms with E-state index < -0.39 is 0 Å². The molecule has 1 aliphatic rings. The molecule has 2 aromatic carbocycles. The molecule has 0 spiro atoms. The maximum atomic E-state index is 6.20. The molecule has 28 heavy (non-hydrogen) atoms. The Labute approximate surface area is 177 Å². The lowest BCUT2D eigenvalue weighted by Gasteiger charge is -2.35. The summed E-state index contributed by atoms with van der Waals surface area (Å²) in [5.41, 5.74) is 3.13. The fourth-order valence-corrected chi connectivity index (χ4v) is 3.59. The molecule has 3 rings (SSSR count). The van der Waals surface area contributed by atoms with Crippen molar-refractivity contribution in [1.29, 1.82) is 0 Å². The number of thiocarbonyl (C=S) groups is 1. The van der Waals surface area contributed by atoms with Gasteiger partial charge in [0.15, 0.2) is 5.11 Å². The molecule has 0 bridgehead atoms. The normalized spacial score (nSPS) is 15.7. The van der Waals surface area contributed by atoms with Gasteiger partial charge in [-0.1, -0.05) is 29.8 Å². The van der Waals surface area contributed by atoms with Crippen molar-refractivity contribution in [3.8, 4) is 5.75 Å². The van der Waals surface area contributed by atoms with Gasteiger partial charge in [0.1, 0.15) is 5.75 Å². The third kappa shape index (κ3) is 5.58. The minimum atomic E-state index is 0.191. The van der Waals surface area contributed by atoms with Crippen molar-refractivity contribution in [2.75, 3.05) is 45.3 Å². The average Bonchev–Trinajstić information content (AvgIpc) is 2.72. The zero-order chi connectivity index (χ0) is 19.9. The summed E-state index contributed by atoms with van der Waals surface area (Å²) < 4.78 is 10.8. The van der Waals surface area contributed by atoms with E-state index in [4.69, 9.17) is 33.3 Å². The Morgan fingerprint density at radius 1 is 1.21 bits per heavy atom. The summed E-state index contributed by atoms with van der Waals surface area (Å²) in [4.78, 5) is 2.42. The van der Waals surface area contributed by atoms with Crippen LogP contribution in [0.4, 0.5) is 5.69 Å². The molecular formula is C21H26ClN3O2S. The highest BCUT2D eigenvalue weighted by atomic mass is 35.5. The van der Waals surface area contributed by atoms with E-state index in [1.165, 1.54) is 5.56 Å². The van der Waals surface area contributed by atoms with Crippen molar-refractivity contribution in [3.63, 3.8) is 0 Å². The fraction of sp³-hybridized carbons (Fsp3) is 0.381. The van der Waals surface area contributed by atoms with Gasteiger partial charge in [-0.15, -0.1) is 0 Å². The van der Waals surface area contributed by atoms with Crippen LogP contribution in [0.1, 0.15) is 17.2 Å². The van der Waals surface area contributed by atoms with Gasteiger partial charge in [-0.3, -0.25) is 4.90 Å². The number of morpholine rings is 1. The molecular weight excluding hydrogens is 394 g/mol. The van der Waals surface area contributed by atoms with Crippen molar-refractivity contribution in [2.24, 2.45) is 0 Å². The highest BCUT2D eigenvalue weighted by molar-refractivity contribution is 7.80. The largest absolute Gasteiger partial charge is 0.497 e. The molecule has 1 fully saturated rings. The van der Waals surface area contributed by atoms with E-state index in [0.29, 0.717) is 11.7 Å². The van der Waals surface area contributed by atoms with Gasteiger partial charge in [0.25, 0.3) is 0 Å². The fourth-order valence-electron chi connectivity index (χ4n) is 3.21. The molecule has 1 atom stereocenters. The molecule has 1 aliphatic heterocycles. The lowest BCUT2D eigenvalue weighted by Crippen LogP contribution is -2.44. The molecule has 0 aromatic heterocycles. The van der Waals surface area contributed by atoms with Crippen LogP contribution in [0.2, 0.25) is 5.02 Å². The summed E-state index contributed by atoms with van der Waals surface area (Å²) in [5, 5.41) is 7.86. The zero-order valence-electron chi connectivity index (χ0n) is 16.2. The monoisotopic (exact) mass is 419 g/mol. The first-order valence-electron chi connectivity index (χ1n) is 9.33. The zero-order valence-corrected chi connectivity index (χ0v) is 17.8. The molecule has 7 heteroatoms. The molecule has 0 radical (unpaired) electrons. The number of ether oxygens (including phenoxy) is 2. The molecule has 2 aromatic rings. The first kappa shape index (κ1) is 20.9. The quantitative estimate of drug-likeness (QED) is 0.689. The third-order valence-electron chi connectivity index (χ3n) is 4.87. The minimum absolute atomic E-state index is 0.191. The minimum Gasteiger partial charge on any atom is -0.497 e. The van der Waals surface area contributed by atoms with E-state index in [1.807, 2.05) is 37.3 Å². The smallest absolute Gasteiger partial charge is 0.170 e. The summed E-state index contributed by atoms with van der Waals surface area (Å²) in [7, 11) is 1.68. The maximum absolute atomic E-state index is 6.20. The summed E-state index contributed by atoms with van der Waals surface area (Å²) in [6, 6.07) is 14.2. The van der Waals surface area contributed by atoms with E-state index >= 15 is 0 Å². The summed E-state index contributed by atoms with van der Waals surface area (Å²) >= 11 is 11.7. The molecule has 150 valence electrons. The molecule has 0 aliphatic carbocycles. The maximum Gasteiger partial charge on any atom is 0.170 e. The van der Waals surface area contributed by atoms with Gasteiger partial charge >= 0.3 is 0 Å². The predicted molar refractivity (Wildman–Crippen MR) is 119 cm³/mol. The number of hydrogen-bond donors (Lipinski definition) is 2. The third-order valence-corrected chi connectivity index (χ3v) is 5.53. The Hall–Kier alpha value is -1.86. The average molecular weight is 420 g/mol. The summed E-state index contributed by atoms with van der Waals surface area (Å²) in [6.07, 6.45) is 0. The molecule has 0 amide bonds. The Morgan fingerprint density at radius 2 is 1.93 bits per heavy atom. The first-order valence-corrected chi connectivity index (χ1v) is 10.1. The van der Waals surface area contributed by atoms with Crippen LogP contribution in [0.15, 0.2) is 42.5 Å². The van der Waals surface area contributed by atoms with Crippen LogP contribution in [-0.4, -0.2) is 50.0 Å². The molecule has 1 saturated heterocycles. The Kier molecular flexibility index (Phi) is 7.50. The van der Waals surface area contributed by atoms with Gasteiger partial charge in [-0.25, -0.2) is 0 Å². The lowest BCUT2D eigenvalue weighted by atomic mass is 10.0. The van der Waals surface area contributed by atoms with E-state index in [9.17, 15) is 0 Å². The Bertz CT molecular complexity index is 795. The van der Waals surface area contributed by atoms with Crippen LogP contribution in [0.5, 0.6) is 5.75 Å². The molecule has 5 nitrogen and oxygen atoms in total. The van der Waals surface area contributed by atoms with Crippen LogP contribution < -0.4 is 15.4 Å². The van der Waals surface area contributed by atoms with Crippen LogP contribution >= 0.6 is 23.8 Å². The Morgan fingerprint density at radius 3 is 2.57 bits per heavy atom. The van der Waals surface area contributed by atoms with Crippen molar-refractivity contribution >= 4 is 34.6 Å². The van der Waals surface area contributed by atoms with Gasteiger partial charge in [0.05, 0.1) is 26.4 Å². The second-order valence-corrected chi connectivity index (χ2v) is 7.55. The van der Waals surface area contributed by atoms with E-state index in [1.54, 1.807) is 7.11 Å². The molecule has 0 unspecified atom stereocenters. The molecule has 1 heterocycles. The Balaban J connectivity index is 1.66. The second kappa shape index (κ2) is 10.1. The second-order valence-electron chi connectivity index (χ2n) is 6.74. The number of hydrogen-bond acceptors (Lipinski definition) is 4. The van der Waals surface area contributed by atoms with Gasteiger partial charge in [0.2, 0.25) is 0 Å². The standard InChI is InChI=1S/C21H26ClN3O2S/c1-15-3-6-17(13-19(15)22)24-21(28)23-14-20(25-9-11-27-12-10-25)16-4-7-18(26-2)8-5-16/h3-8,13,20H,9-12,14H2,1-2H3,(H2,23,24,28)/t20-/m1/s1. The van der Waals surface area contributed by atoms with E-state index in [2.05, 4.69) is 27.7 Å². The van der Waals surface area contributed by atoms with Gasteiger partial charge in [0, 0.05) is 30.3 Å². The highest BCUT2D eigenvalue weighted by Gasteiger charge is 2.23. The SMILES string of the molecule is COc1ccc([C@@H](CNC(=S)Nc2ccc(C)c(Cl)c2)N2CCOCC2)cc1. The topological polar surface area (TPSA) is 45.8 Å². The van der Waals surface area contributed by atoms with Crippen molar-refractivity contribution in [2.45, 2.75) is 13.0 Å². The van der Waals surface area contributed by atoms with Crippen LogP contribution in [-0.2, 0) is 4.74 Å². The number of rotatable bonds is 6. The molecule has 2 N–H and O–H groups in total. The van der Waals surface area contributed by atoms with Crippen molar-refractivity contribution in [1.82, 2.24) is 10.2 Å². The molecule has 0 saturated carbocycles. The summed E-state index contributed by atoms with van der Waals surface area (Å²) in [5.74, 6) is 0.853. The predicted octanol–water partition coefficient (Wildman–Crippen LogP) is 4.02. The van der Waals surface area contributed by atoms with Crippen LogP contribution in [0.25, 0.3) is 0 Å². The van der Waals surface area contributed by atoms with Gasteiger partial charge < -0.3 is 20.1 Å². The van der Waals surface area contributed by atoms with Crippen LogP contribution in [0.3, 0.4) is 0 Å². The first-order chi connectivity index (χ1) is 13.6. The van der Waals surface area contributed by atoms with Crippen LogP contribution in [0, 0.1) is 6.92 Å². The number of methoxy groups -OCH3 is 1. The number of nitrogens with zero attached hydrogens (tertiary/aromatic N) is 1. The van der Waals surface area contributed by atoms with Gasteiger partial charge in [-0.05, 0) is 54.5 Å². The lowest BCUT2D eigenvalue weighted by molar-refractivity contribution is 0.0170. The number of anilines is 1. The number of halogens is 1.